The molecule has 3 aromatic rings. The number of carbonyl (C=O) groups is 1. The Bertz CT molecular complexity index is 963. The minimum absolute atomic E-state index is 0.0907. The third-order valence-corrected chi connectivity index (χ3v) is 4.32. The van der Waals surface area contributed by atoms with Crippen LogP contribution in [0.5, 0.6) is 6.01 Å². The second-order valence-corrected chi connectivity index (χ2v) is 6.10. The van der Waals surface area contributed by atoms with E-state index in [0.717, 1.165) is 17.8 Å². The summed E-state index contributed by atoms with van der Waals surface area (Å²) in [5.41, 5.74) is 0.910. The van der Waals surface area contributed by atoms with E-state index < -0.39 is 11.6 Å². The predicted octanol–water partition coefficient (Wildman–Crippen LogP) is 2.23. The number of ether oxygens (including phenoxy) is 1. The Kier molecular flexibility index (Phi) is 4.49. The van der Waals surface area contributed by atoms with Crippen LogP contribution < -0.4 is 4.74 Å². The summed E-state index contributed by atoms with van der Waals surface area (Å²) in [4.78, 5) is 26.5. The Hall–Kier alpha value is -3.36. The van der Waals surface area contributed by atoms with Crippen LogP contribution in [-0.4, -0.2) is 43.5 Å². The second-order valence-electron chi connectivity index (χ2n) is 6.10. The fourth-order valence-corrected chi connectivity index (χ4v) is 3.02. The highest BCUT2D eigenvalue weighted by atomic mass is 19.2. The topological polar surface area (TPSA) is 73.1 Å². The lowest BCUT2D eigenvalue weighted by Gasteiger charge is -2.34. The van der Waals surface area contributed by atoms with Gasteiger partial charge in [0.1, 0.15) is 6.61 Å². The highest BCUT2D eigenvalue weighted by molar-refractivity contribution is 5.94. The third kappa shape index (κ3) is 3.48. The van der Waals surface area contributed by atoms with Crippen molar-refractivity contribution in [3.05, 3.63) is 72.1 Å². The van der Waals surface area contributed by atoms with Gasteiger partial charge in [0.15, 0.2) is 11.6 Å². The maximum atomic E-state index is 13.5. The zero-order valence-corrected chi connectivity index (χ0v) is 14.1. The van der Waals surface area contributed by atoms with Crippen LogP contribution in [0.15, 0.2) is 49.2 Å². The van der Waals surface area contributed by atoms with Gasteiger partial charge in [-0.1, -0.05) is 0 Å². The van der Waals surface area contributed by atoms with E-state index in [9.17, 15) is 13.6 Å². The van der Waals surface area contributed by atoms with Crippen molar-refractivity contribution in [3.8, 4) is 6.01 Å². The molecule has 0 saturated heterocycles. The van der Waals surface area contributed by atoms with Crippen molar-refractivity contribution in [1.29, 1.82) is 0 Å². The molecule has 0 radical (unpaired) electrons. The van der Waals surface area contributed by atoms with E-state index in [2.05, 4.69) is 15.0 Å². The summed E-state index contributed by atoms with van der Waals surface area (Å²) in [6.45, 7) is 0.874. The summed E-state index contributed by atoms with van der Waals surface area (Å²) in [6.07, 6.45) is 6.49. The fourth-order valence-electron chi connectivity index (χ4n) is 3.02. The number of benzene rings is 1. The maximum Gasteiger partial charge on any atom is 0.316 e. The summed E-state index contributed by atoms with van der Waals surface area (Å²) in [7, 11) is 0. The molecule has 1 aromatic carbocycles. The molecular formula is C18H15F2N5O2. The number of carbonyl (C=O) groups excluding carboxylic acids is 1. The molecule has 2 aromatic heterocycles. The molecule has 0 spiro atoms. The van der Waals surface area contributed by atoms with Crippen LogP contribution in [0.2, 0.25) is 0 Å². The predicted molar refractivity (Wildman–Crippen MR) is 89.9 cm³/mol. The van der Waals surface area contributed by atoms with Gasteiger partial charge in [-0.2, -0.15) is 0 Å². The van der Waals surface area contributed by atoms with Gasteiger partial charge in [0, 0.05) is 30.7 Å². The largest absolute Gasteiger partial charge is 0.461 e. The first-order valence-electron chi connectivity index (χ1n) is 8.26. The molecule has 9 heteroatoms. The van der Waals surface area contributed by atoms with Crippen LogP contribution in [0.1, 0.15) is 22.1 Å². The number of halogens is 2. The van der Waals surface area contributed by atoms with Gasteiger partial charge in [-0.05, 0) is 24.3 Å². The lowest BCUT2D eigenvalue weighted by molar-refractivity contribution is 0.0643. The van der Waals surface area contributed by atoms with Gasteiger partial charge in [0.05, 0.1) is 24.6 Å². The first-order chi connectivity index (χ1) is 13.1. The first-order valence-corrected chi connectivity index (χ1v) is 8.26. The average molecular weight is 371 g/mol. The standard InChI is InChI=1S/C18H15F2N5O2/c19-15-3-2-12(6-16(15)20)17(26)24-8-13-7-21-11-25(13)14(9-24)10-27-18-22-4-1-5-23-18/h1-7,11,14H,8-10H2/t14-/m0/s1. The van der Waals surface area contributed by atoms with Crippen molar-refractivity contribution < 1.29 is 18.3 Å². The van der Waals surface area contributed by atoms with E-state index in [1.54, 1.807) is 35.9 Å². The van der Waals surface area contributed by atoms with Crippen molar-refractivity contribution in [2.24, 2.45) is 0 Å². The molecule has 0 aliphatic carbocycles. The molecule has 1 atom stereocenters. The summed E-state index contributed by atoms with van der Waals surface area (Å²) in [6, 6.07) is 4.84. The van der Waals surface area contributed by atoms with Crippen LogP contribution in [0.25, 0.3) is 0 Å². The van der Waals surface area contributed by atoms with E-state index in [1.807, 2.05) is 4.57 Å². The van der Waals surface area contributed by atoms with Crippen molar-refractivity contribution >= 4 is 5.91 Å². The quantitative estimate of drug-likeness (QED) is 0.703. The molecular weight excluding hydrogens is 356 g/mol. The minimum Gasteiger partial charge on any atom is -0.461 e. The zero-order valence-electron chi connectivity index (χ0n) is 14.1. The van der Waals surface area contributed by atoms with Crippen molar-refractivity contribution in [1.82, 2.24) is 24.4 Å². The molecule has 1 aliphatic rings. The van der Waals surface area contributed by atoms with E-state index in [4.69, 9.17) is 4.74 Å². The zero-order chi connectivity index (χ0) is 18.8. The highest BCUT2D eigenvalue weighted by Gasteiger charge is 2.29. The Labute approximate surface area is 153 Å². The van der Waals surface area contributed by atoms with E-state index in [-0.39, 0.29) is 30.1 Å². The lowest BCUT2D eigenvalue weighted by Crippen LogP contribution is -2.42. The van der Waals surface area contributed by atoms with Gasteiger partial charge < -0.3 is 14.2 Å². The highest BCUT2D eigenvalue weighted by Crippen LogP contribution is 2.23. The van der Waals surface area contributed by atoms with Gasteiger partial charge in [0.25, 0.3) is 5.91 Å². The summed E-state index contributed by atoms with van der Waals surface area (Å²) in [5, 5.41) is 0. The van der Waals surface area contributed by atoms with Crippen molar-refractivity contribution in [3.63, 3.8) is 0 Å². The monoisotopic (exact) mass is 371 g/mol. The number of nitrogens with zero attached hydrogens (tertiary/aromatic N) is 5. The van der Waals surface area contributed by atoms with E-state index in [1.165, 1.54) is 6.07 Å². The number of imidazole rings is 1. The molecule has 0 N–H and O–H groups in total. The van der Waals surface area contributed by atoms with E-state index >= 15 is 0 Å². The summed E-state index contributed by atoms with van der Waals surface area (Å²) >= 11 is 0. The van der Waals surface area contributed by atoms with Gasteiger partial charge in [0.2, 0.25) is 0 Å². The number of hydrogen-bond acceptors (Lipinski definition) is 5. The average Bonchev–Trinajstić information content (AvgIpc) is 3.17. The molecule has 0 bridgehead atoms. The molecule has 4 rings (SSSR count). The summed E-state index contributed by atoms with van der Waals surface area (Å²) in [5.74, 6) is -2.43. The Balaban J connectivity index is 1.53. The minimum atomic E-state index is -1.05. The molecule has 0 fully saturated rings. The molecule has 7 nitrogen and oxygen atoms in total. The SMILES string of the molecule is O=C(c1ccc(F)c(F)c1)N1Cc2cncn2[C@H](COc2ncccn2)C1. The molecule has 3 heterocycles. The van der Waals surface area contributed by atoms with Crippen LogP contribution in [0, 0.1) is 11.6 Å². The van der Waals surface area contributed by atoms with Crippen LogP contribution >= 0.6 is 0 Å². The van der Waals surface area contributed by atoms with E-state index in [0.29, 0.717) is 13.1 Å². The second kappa shape index (κ2) is 7.10. The molecule has 138 valence electrons. The number of aromatic nitrogens is 4. The third-order valence-electron chi connectivity index (χ3n) is 4.32. The maximum absolute atomic E-state index is 13.5. The smallest absolute Gasteiger partial charge is 0.316 e. The number of hydrogen-bond donors (Lipinski definition) is 0. The molecule has 27 heavy (non-hydrogen) atoms. The lowest BCUT2D eigenvalue weighted by atomic mass is 10.1. The Morgan fingerprint density at radius 3 is 2.81 bits per heavy atom. The Morgan fingerprint density at radius 1 is 1.22 bits per heavy atom. The number of amides is 1. The number of fused-ring (bicyclic) bond motifs is 1. The van der Waals surface area contributed by atoms with Gasteiger partial charge in [-0.3, -0.25) is 4.79 Å². The van der Waals surface area contributed by atoms with Crippen LogP contribution in [0.4, 0.5) is 8.78 Å². The van der Waals surface area contributed by atoms with Gasteiger partial charge in [-0.25, -0.2) is 23.7 Å². The molecule has 0 saturated carbocycles. The molecule has 1 amide bonds. The fraction of sp³-hybridized carbons (Fsp3) is 0.222. The van der Waals surface area contributed by atoms with Crippen molar-refractivity contribution in [2.75, 3.05) is 13.2 Å². The Morgan fingerprint density at radius 2 is 2.04 bits per heavy atom. The number of rotatable bonds is 4. The van der Waals surface area contributed by atoms with Gasteiger partial charge >= 0.3 is 6.01 Å². The van der Waals surface area contributed by atoms with Gasteiger partial charge in [-0.15, -0.1) is 0 Å². The van der Waals surface area contributed by atoms with Crippen molar-refractivity contribution in [2.45, 2.75) is 12.6 Å². The normalized spacial score (nSPS) is 16.1. The van der Waals surface area contributed by atoms with Crippen LogP contribution in [0.3, 0.4) is 0 Å². The van der Waals surface area contributed by atoms with Crippen LogP contribution in [-0.2, 0) is 6.54 Å². The summed E-state index contributed by atoms with van der Waals surface area (Å²) < 4.78 is 34.2. The first kappa shape index (κ1) is 17.1. The molecule has 0 unspecified atom stereocenters. The molecule has 1 aliphatic heterocycles.